The van der Waals surface area contributed by atoms with Crippen molar-refractivity contribution in [2.75, 3.05) is 33.3 Å². The molecule has 2 amide bonds. The zero-order valence-electron chi connectivity index (χ0n) is 21.5. The number of fused-ring (bicyclic) bond motifs is 3. The number of hydrogen-bond donors (Lipinski definition) is 0. The van der Waals surface area contributed by atoms with Crippen LogP contribution < -0.4 is 9.47 Å². The van der Waals surface area contributed by atoms with E-state index < -0.39 is 0 Å². The molecule has 1 fully saturated rings. The molecule has 2 aliphatic rings. The molecule has 0 atom stereocenters. The third-order valence-electron chi connectivity index (χ3n) is 6.75. The first-order valence-electron chi connectivity index (χ1n) is 12.6. The van der Waals surface area contributed by atoms with Gasteiger partial charge in [0.05, 0.1) is 23.8 Å². The predicted octanol–water partition coefficient (Wildman–Crippen LogP) is 4.49. The molecule has 5 rings (SSSR count). The van der Waals surface area contributed by atoms with Gasteiger partial charge in [0.25, 0.3) is 5.91 Å². The van der Waals surface area contributed by atoms with Crippen LogP contribution in [0.5, 0.6) is 11.5 Å². The predicted molar refractivity (Wildman–Crippen MR) is 144 cm³/mol. The first-order chi connectivity index (χ1) is 17.9. The molecule has 0 unspecified atom stereocenters. The van der Waals surface area contributed by atoms with Crippen molar-refractivity contribution in [3.63, 3.8) is 0 Å². The van der Waals surface area contributed by atoms with Gasteiger partial charge in [0.15, 0.2) is 17.3 Å². The van der Waals surface area contributed by atoms with Gasteiger partial charge < -0.3 is 23.8 Å². The Morgan fingerprint density at radius 2 is 2.03 bits per heavy atom. The van der Waals surface area contributed by atoms with E-state index in [1.807, 2.05) is 48.1 Å². The van der Waals surface area contributed by atoms with Gasteiger partial charge >= 0.3 is 0 Å². The molecule has 37 heavy (non-hydrogen) atoms. The number of rotatable bonds is 7. The summed E-state index contributed by atoms with van der Waals surface area (Å²) in [7, 11) is 1.65. The summed E-state index contributed by atoms with van der Waals surface area (Å²) in [5, 5.41) is 2.02. The zero-order valence-corrected chi connectivity index (χ0v) is 22.3. The van der Waals surface area contributed by atoms with Crippen molar-refractivity contribution in [3.8, 4) is 33.3 Å². The maximum atomic E-state index is 13.9. The summed E-state index contributed by atoms with van der Waals surface area (Å²) in [4.78, 5) is 35.8. The molecule has 2 aromatic heterocycles. The van der Waals surface area contributed by atoms with E-state index in [1.54, 1.807) is 34.3 Å². The van der Waals surface area contributed by atoms with Crippen molar-refractivity contribution in [2.45, 2.75) is 39.3 Å². The van der Waals surface area contributed by atoms with Gasteiger partial charge in [-0.3, -0.25) is 9.59 Å². The molecular weight excluding hydrogens is 488 g/mol. The fourth-order valence-corrected chi connectivity index (χ4v) is 5.73. The maximum Gasteiger partial charge on any atom is 0.289 e. The summed E-state index contributed by atoms with van der Waals surface area (Å²) in [6.07, 6.45) is 2.74. The summed E-state index contributed by atoms with van der Waals surface area (Å²) in [6.45, 7) is 10.2. The Bertz CT molecular complexity index is 1330. The fourth-order valence-electron chi connectivity index (χ4n) is 5.02. The van der Waals surface area contributed by atoms with Crippen LogP contribution in [0, 0.1) is 0 Å². The van der Waals surface area contributed by atoms with E-state index in [-0.39, 0.29) is 17.9 Å². The number of amides is 2. The number of aryl methyl sites for hydroxylation is 1. The van der Waals surface area contributed by atoms with E-state index in [0.29, 0.717) is 56.5 Å². The van der Waals surface area contributed by atoms with E-state index in [9.17, 15) is 9.59 Å². The Hall–Kier alpha value is -3.59. The second-order valence-corrected chi connectivity index (χ2v) is 10.5. The third kappa shape index (κ3) is 4.75. The zero-order chi connectivity index (χ0) is 26.1. The molecule has 1 aromatic carbocycles. The van der Waals surface area contributed by atoms with Crippen LogP contribution in [0.1, 0.15) is 36.5 Å². The van der Waals surface area contributed by atoms with Gasteiger partial charge in [-0.05, 0) is 49.4 Å². The van der Waals surface area contributed by atoms with Crippen LogP contribution >= 0.6 is 11.3 Å². The van der Waals surface area contributed by atoms with Crippen molar-refractivity contribution < 1.29 is 19.1 Å². The Balaban J connectivity index is 1.59. The van der Waals surface area contributed by atoms with Gasteiger partial charge in [-0.1, -0.05) is 12.1 Å². The first kappa shape index (κ1) is 25.1. The molecule has 9 heteroatoms. The molecule has 4 heterocycles. The third-order valence-corrected chi connectivity index (χ3v) is 7.63. The number of carbonyl (C=O) groups is 2. The van der Waals surface area contributed by atoms with Gasteiger partial charge in [0.2, 0.25) is 5.91 Å². The van der Waals surface area contributed by atoms with Gasteiger partial charge in [-0.15, -0.1) is 17.9 Å². The lowest BCUT2D eigenvalue weighted by Crippen LogP contribution is -2.37. The summed E-state index contributed by atoms with van der Waals surface area (Å²) >= 11 is 1.60. The maximum absolute atomic E-state index is 13.9. The van der Waals surface area contributed by atoms with Crippen molar-refractivity contribution in [1.82, 2.24) is 19.4 Å². The molecular formula is C28H32N4O4S. The number of imidazole rings is 1. The summed E-state index contributed by atoms with van der Waals surface area (Å²) in [5.41, 5.74) is 3.85. The van der Waals surface area contributed by atoms with Crippen LogP contribution in [0.3, 0.4) is 0 Å². The Morgan fingerprint density at radius 1 is 1.19 bits per heavy atom. The van der Waals surface area contributed by atoms with E-state index in [0.717, 1.165) is 33.8 Å². The lowest BCUT2D eigenvalue weighted by molar-refractivity contribution is -0.129. The van der Waals surface area contributed by atoms with Crippen LogP contribution in [0.25, 0.3) is 21.8 Å². The van der Waals surface area contributed by atoms with Gasteiger partial charge in [-0.25, -0.2) is 4.98 Å². The van der Waals surface area contributed by atoms with Crippen LogP contribution in [-0.2, 0) is 17.8 Å². The second-order valence-electron chi connectivity index (χ2n) is 9.51. The Morgan fingerprint density at radius 3 is 2.73 bits per heavy atom. The second kappa shape index (κ2) is 10.4. The van der Waals surface area contributed by atoms with E-state index in [4.69, 9.17) is 14.5 Å². The molecule has 0 radical (unpaired) electrons. The molecule has 3 aromatic rings. The average Bonchev–Trinajstić information content (AvgIpc) is 3.51. The summed E-state index contributed by atoms with van der Waals surface area (Å²) in [6, 6.07) is 8.08. The fraction of sp³-hybridized carbons (Fsp3) is 0.393. The van der Waals surface area contributed by atoms with Crippen LogP contribution in [-0.4, -0.2) is 70.6 Å². The van der Waals surface area contributed by atoms with Crippen molar-refractivity contribution in [3.05, 3.63) is 53.7 Å². The SMILES string of the molecule is C=CCN1CCN(C(=O)c2nc(-c3cccs3)c3n2CCc2cc(OC)c(OC(C)C)cc2-3)CCC1=O. The van der Waals surface area contributed by atoms with Crippen molar-refractivity contribution in [1.29, 1.82) is 0 Å². The molecule has 1 saturated heterocycles. The monoisotopic (exact) mass is 520 g/mol. The van der Waals surface area contributed by atoms with E-state index in [1.165, 1.54) is 0 Å². The lowest BCUT2D eigenvalue weighted by Gasteiger charge is -2.25. The number of thiophene rings is 1. The molecule has 8 nitrogen and oxygen atoms in total. The van der Waals surface area contributed by atoms with Crippen LogP contribution in [0.4, 0.5) is 0 Å². The molecule has 0 N–H and O–H groups in total. The highest BCUT2D eigenvalue weighted by Gasteiger charge is 2.33. The minimum atomic E-state index is -0.145. The number of hydrogen-bond acceptors (Lipinski definition) is 6. The van der Waals surface area contributed by atoms with Crippen molar-refractivity contribution in [2.24, 2.45) is 0 Å². The molecule has 2 aliphatic heterocycles. The Labute approximate surface area is 221 Å². The molecule has 0 spiro atoms. The largest absolute Gasteiger partial charge is 0.493 e. The van der Waals surface area contributed by atoms with Gasteiger partial charge in [0.1, 0.15) is 5.69 Å². The van der Waals surface area contributed by atoms with Crippen LogP contribution in [0.2, 0.25) is 0 Å². The number of methoxy groups -OCH3 is 1. The normalized spacial score (nSPS) is 15.3. The van der Waals surface area contributed by atoms with Crippen LogP contribution in [0.15, 0.2) is 42.3 Å². The quantitative estimate of drug-likeness (QED) is 0.429. The molecule has 0 aliphatic carbocycles. The molecule has 0 saturated carbocycles. The van der Waals surface area contributed by atoms with Crippen molar-refractivity contribution >= 4 is 23.2 Å². The Kier molecular flexibility index (Phi) is 7.06. The molecule has 0 bridgehead atoms. The first-order valence-corrected chi connectivity index (χ1v) is 13.5. The van der Waals surface area contributed by atoms with E-state index >= 15 is 0 Å². The van der Waals surface area contributed by atoms with Gasteiger partial charge in [-0.2, -0.15) is 0 Å². The minimum absolute atomic E-state index is 0.0132. The number of ether oxygens (including phenoxy) is 2. The summed E-state index contributed by atoms with van der Waals surface area (Å²) < 4.78 is 13.7. The number of aromatic nitrogens is 2. The van der Waals surface area contributed by atoms with Gasteiger partial charge in [0, 0.05) is 44.7 Å². The number of nitrogens with zero attached hydrogens (tertiary/aromatic N) is 4. The highest BCUT2D eigenvalue weighted by Crippen LogP contribution is 2.44. The number of carbonyl (C=O) groups excluding carboxylic acids is 2. The minimum Gasteiger partial charge on any atom is -0.493 e. The highest BCUT2D eigenvalue weighted by atomic mass is 32.1. The average molecular weight is 521 g/mol. The number of benzene rings is 1. The molecule has 194 valence electrons. The highest BCUT2D eigenvalue weighted by molar-refractivity contribution is 7.13. The summed E-state index contributed by atoms with van der Waals surface area (Å²) in [5.74, 6) is 1.68. The standard InChI is InChI=1S/C28H32N4O4S/c1-5-10-30-13-14-31(11-9-24(30)33)28(34)27-29-25(23-7-6-15-37-23)26-20-17-22(36-18(2)3)21(35-4)16-19(20)8-12-32(26)27/h5-7,15-18H,1,8-14H2,2-4H3. The lowest BCUT2D eigenvalue weighted by atomic mass is 9.95. The smallest absolute Gasteiger partial charge is 0.289 e. The topological polar surface area (TPSA) is 76.9 Å². The van der Waals surface area contributed by atoms with E-state index in [2.05, 4.69) is 6.58 Å².